The number of nitrogens with zero attached hydrogens (tertiary/aromatic N) is 1. The first-order valence-corrected chi connectivity index (χ1v) is 7.50. The molecule has 1 fully saturated rings. The smallest absolute Gasteiger partial charge is 0.337 e. The molecule has 0 spiro atoms. The predicted octanol–water partition coefficient (Wildman–Crippen LogP) is 3.78. The van der Waals surface area contributed by atoms with Gasteiger partial charge in [0.1, 0.15) is 0 Å². The van der Waals surface area contributed by atoms with Gasteiger partial charge in [-0.05, 0) is 66.5 Å². The summed E-state index contributed by atoms with van der Waals surface area (Å²) in [7, 11) is 0. The maximum absolute atomic E-state index is 11.3. The number of piperidine rings is 1. The second-order valence-corrected chi connectivity index (χ2v) is 6.32. The Labute approximate surface area is 127 Å². The van der Waals surface area contributed by atoms with Crippen molar-refractivity contribution in [2.24, 2.45) is 5.92 Å². The van der Waals surface area contributed by atoms with Crippen LogP contribution in [-0.4, -0.2) is 24.2 Å². The number of rotatable bonds is 3. The first-order chi connectivity index (χ1) is 8.99. The molecule has 1 aliphatic heterocycles. The molecule has 1 aromatic rings. The molecule has 1 N–H and O–H groups in total. The van der Waals surface area contributed by atoms with Crippen LogP contribution in [0.3, 0.4) is 0 Å². The third-order valence-electron chi connectivity index (χ3n) is 3.72. The van der Waals surface area contributed by atoms with Crippen LogP contribution in [-0.2, 0) is 0 Å². The number of allylic oxidation sites excluding steroid dienone is 1. The number of hydrogen-bond acceptors (Lipinski definition) is 2. The van der Waals surface area contributed by atoms with E-state index >= 15 is 0 Å². The van der Waals surface area contributed by atoms with Crippen LogP contribution < -0.4 is 4.90 Å². The highest BCUT2D eigenvalue weighted by Gasteiger charge is 2.23. The lowest BCUT2D eigenvalue weighted by Gasteiger charge is -2.34. The zero-order chi connectivity index (χ0) is 14.0. The minimum Gasteiger partial charge on any atom is -0.478 e. The van der Waals surface area contributed by atoms with Gasteiger partial charge in [0.2, 0.25) is 0 Å². The molecule has 1 saturated heterocycles. The fraction of sp³-hybridized carbons (Fsp3) is 0.400. The van der Waals surface area contributed by atoms with Crippen LogP contribution in [0.25, 0.3) is 0 Å². The molecule has 0 aliphatic carbocycles. The molecule has 0 atom stereocenters. The normalized spacial score (nSPS) is 16.4. The molecule has 0 aromatic heterocycles. The molecular formula is C15H18INO2. The summed E-state index contributed by atoms with van der Waals surface area (Å²) in [6.45, 7) is 7.90. The van der Waals surface area contributed by atoms with E-state index in [1.807, 2.05) is 12.1 Å². The van der Waals surface area contributed by atoms with E-state index in [-0.39, 0.29) is 0 Å². The van der Waals surface area contributed by atoms with Crippen molar-refractivity contribution in [3.05, 3.63) is 39.5 Å². The molecule has 3 nitrogen and oxygen atoms in total. The average Bonchev–Trinajstić information content (AvgIpc) is 2.38. The highest BCUT2D eigenvalue weighted by atomic mass is 127. The van der Waals surface area contributed by atoms with Crippen LogP contribution in [0, 0.1) is 9.49 Å². The highest BCUT2D eigenvalue weighted by molar-refractivity contribution is 14.1. The molecule has 102 valence electrons. The summed E-state index contributed by atoms with van der Waals surface area (Å²) in [6, 6.07) is 5.50. The van der Waals surface area contributed by atoms with Crippen LogP contribution in [0.2, 0.25) is 0 Å². The molecule has 19 heavy (non-hydrogen) atoms. The van der Waals surface area contributed by atoms with E-state index in [2.05, 4.69) is 41.0 Å². The molecular weight excluding hydrogens is 353 g/mol. The maximum atomic E-state index is 11.3. The van der Waals surface area contributed by atoms with Gasteiger partial charge in [0, 0.05) is 16.7 Å². The Bertz CT molecular complexity index is 505. The van der Waals surface area contributed by atoms with Crippen molar-refractivity contribution >= 4 is 34.2 Å². The van der Waals surface area contributed by atoms with Crippen LogP contribution in [0.5, 0.6) is 0 Å². The lowest BCUT2D eigenvalue weighted by Crippen LogP contribution is -2.35. The predicted molar refractivity (Wildman–Crippen MR) is 85.9 cm³/mol. The Balaban J connectivity index is 2.21. The summed E-state index contributed by atoms with van der Waals surface area (Å²) in [5.74, 6) is -0.277. The molecule has 0 bridgehead atoms. The van der Waals surface area contributed by atoms with Crippen LogP contribution >= 0.6 is 22.6 Å². The van der Waals surface area contributed by atoms with E-state index in [9.17, 15) is 9.90 Å². The van der Waals surface area contributed by atoms with E-state index < -0.39 is 5.97 Å². The number of halogens is 1. The topological polar surface area (TPSA) is 40.5 Å². The molecule has 4 heteroatoms. The van der Waals surface area contributed by atoms with Crippen molar-refractivity contribution in [1.82, 2.24) is 0 Å². The minimum atomic E-state index is -0.853. The average molecular weight is 371 g/mol. The number of carbonyl (C=O) groups is 1. The zero-order valence-corrected chi connectivity index (χ0v) is 13.2. The Hall–Kier alpha value is -1.04. The van der Waals surface area contributed by atoms with Gasteiger partial charge in [-0.15, -0.1) is 0 Å². The van der Waals surface area contributed by atoms with Gasteiger partial charge in [0.15, 0.2) is 0 Å². The first-order valence-electron chi connectivity index (χ1n) is 6.42. The van der Waals surface area contributed by atoms with E-state index in [1.165, 1.54) is 5.57 Å². The van der Waals surface area contributed by atoms with Crippen molar-refractivity contribution in [3.8, 4) is 0 Å². The Morgan fingerprint density at radius 1 is 1.42 bits per heavy atom. The van der Waals surface area contributed by atoms with Crippen LogP contribution in [0.1, 0.15) is 30.1 Å². The first kappa shape index (κ1) is 14.4. The number of hydrogen-bond donors (Lipinski definition) is 1. The second-order valence-electron chi connectivity index (χ2n) is 5.07. The largest absolute Gasteiger partial charge is 0.478 e. The number of carboxylic acid groups (broad SMARTS) is 1. The van der Waals surface area contributed by atoms with Crippen molar-refractivity contribution in [2.75, 3.05) is 18.0 Å². The molecule has 1 aromatic carbocycles. The van der Waals surface area contributed by atoms with E-state index in [4.69, 9.17) is 0 Å². The summed E-state index contributed by atoms with van der Waals surface area (Å²) < 4.78 is 1.07. The van der Waals surface area contributed by atoms with Crippen LogP contribution in [0.4, 0.5) is 5.69 Å². The minimum absolute atomic E-state index is 0.397. The Morgan fingerprint density at radius 3 is 2.58 bits per heavy atom. The zero-order valence-electron chi connectivity index (χ0n) is 11.0. The quantitative estimate of drug-likeness (QED) is 0.650. The number of aromatic carboxylic acids is 1. The number of carboxylic acids is 1. The SMILES string of the molecule is C=C(C)C1CCN(c2cc(I)ccc2C(=O)O)CC1. The fourth-order valence-corrected chi connectivity index (χ4v) is 3.04. The molecule has 0 saturated carbocycles. The summed E-state index contributed by atoms with van der Waals surface area (Å²) in [5, 5.41) is 9.28. The molecule has 2 rings (SSSR count). The van der Waals surface area contributed by atoms with Crippen molar-refractivity contribution in [3.63, 3.8) is 0 Å². The van der Waals surface area contributed by atoms with Crippen LogP contribution in [0.15, 0.2) is 30.4 Å². The van der Waals surface area contributed by atoms with Crippen molar-refractivity contribution in [2.45, 2.75) is 19.8 Å². The van der Waals surface area contributed by atoms with Gasteiger partial charge in [0.05, 0.1) is 11.3 Å². The summed E-state index contributed by atoms with van der Waals surface area (Å²) in [6.07, 6.45) is 2.11. The van der Waals surface area contributed by atoms with Crippen molar-refractivity contribution in [1.29, 1.82) is 0 Å². The summed E-state index contributed by atoms with van der Waals surface area (Å²) >= 11 is 2.22. The van der Waals surface area contributed by atoms with E-state index in [0.29, 0.717) is 11.5 Å². The molecule has 1 aliphatic rings. The molecule has 1 heterocycles. The number of benzene rings is 1. The van der Waals surface area contributed by atoms with Crippen molar-refractivity contribution < 1.29 is 9.90 Å². The maximum Gasteiger partial charge on any atom is 0.337 e. The van der Waals surface area contributed by atoms with Gasteiger partial charge in [-0.25, -0.2) is 4.79 Å². The van der Waals surface area contributed by atoms with Gasteiger partial charge in [0.25, 0.3) is 0 Å². The van der Waals surface area contributed by atoms with Gasteiger partial charge in [-0.1, -0.05) is 12.2 Å². The van der Waals surface area contributed by atoms with Gasteiger partial charge in [-0.3, -0.25) is 0 Å². The third kappa shape index (κ3) is 3.29. The van der Waals surface area contributed by atoms with E-state index in [1.54, 1.807) is 6.07 Å². The van der Waals surface area contributed by atoms with Gasteiger partial charge >= 0.3 is 5.97 Å². The Kier molecular flexibility index (Phi) is 4.50. The monoisotopic (exact) mass is 371 g/mol. The van der Waals surface area contributed by atoms with E-state index in [0.717, 1.165) is 35.2 Å². The number of anilines is 1. The summed E-state index contributed by atoms with van der Waals surface area (Å²) in [5.41, 5.74) is 2.48. The molecule has 0 unspecified atom stereocenters. The van der Waals surface area contributed by atoms with Gasteiger partial charge < -0.3 is 10.0 Å². The highest BCUT2D eigenvalue weighted by Crippen LogP contribution is 2.30. The second kappa shape index (κ2) is 5.94. The lowest BCUT2D eigenvalue weighted by atomic mass is 9.90. The van der Waals surface area contributed by atoms with Gasteiger partial charge in [-0.2, -0.15) is 0 Å². The summed E-state index contributed by atoms with van der Waals surface area (Å²) in [4.78, 5) is 13.5. The third-order valence-corrected chi connectivity index (χ3v) is 4.39. The standard InChI is InChI=1S/C15H18INO2/c1-10(2)11-5-7-17(8-6-11)14-9-12(16)3-4-13(14)15(18)19/h3-4,9,11H,1,5-8H2,2H3,(H,18,19). The molecule has 0 amide bonds. The fourth-order valence-electron chi connectivity index (χ4n) is 2.56. The lowest BCUT2D eigenvalue weighted by molar-refractivity contribution is 0.0697. The Morgan fingerprint density at radius 2 is 2.05 bits per heavy atom. The molecule has 0 radical (unpaired) electrons.